The average Bonchev–Trinajstić information content (AvgIpc) is 2.61. The van der Waals surface area contributed by atoms with Crippen LogP contribution < -0.4 is 10.2 Å². The van der Waals surface area contributed by atoms with Gasteiger partial charge in [-0.25, -0.2) is 4.98 Å². The highest BCUT2D eigenvalue weighted by Crippen LogP contribution is 2.16. The molecule has 0 spiro atoms. The zero-order chi connectivity index (χ0) is 16.1. The first-order chi connectivity index (χ1) is 11.2. The summed E-state index contributed by atoms with van der Waals surface area (Å²) in [4.78, 5) is 18.7. The molecule has 0 unspecified atom stereocenters. The second-order valence-electron chi connectivity index (χ2n) is 5.32. The molecule has 1 amide bonds. The molecule has 0 saturated carbocycles. The Balaban J connectivity index is 1.58. The molecule has 1 fully saturated rings. The second-order valence-corrected chi connectivity index (χ2v) is 5.32. The van der Waals surface area contributed by atoms with Gasteiger partial charge in [-0.15, -0.1) is 0 Å². The second kappa shape index (κ2) is 7.11. The summed E-state index contributed by atoms with van der Waals surface area (Å²) in [5.41, 5.74) is 1.18. The van der Waals surface area contributed by atoms with E-state index in [4.69, 9.17) is 4.74 Å². The van der Waals surface area contributed by atoms with Gasteiger partial charge in [0.1, 0.15) is 11.6 Å². The van der Waals surface area contributed by atoms with E-state index in [-0.39, 0.29) is 17.2 Å². The molecule has 1 saturated heterocycles. The summed E-state index contributed by atoms with van der Waals surface area (Å²) < 4.78 is 5.32. The molecule has 2 N–H and O–H groups in total. The predicted molar refractivity (Wildman–Crippen MR) is 86.5 cm³/mol. The van der Waals surface area contributed by atoms with E-state index in [0.29, 0.717) is 6.54 Å². The zero-order valence-electron chi connectivity index (χ0n) is 12.7. The summed E-state index contributed by atoms with van der Waals surface area (Å²) in [5, 5.41) is 12.5. The number of carbonyl (C=O) groups excluding carboxylic acids is 1. The van der Waals surface area contributed by atoms with Gasteiger partial charge in [-0.05, 0) is 23.8 Å². The van der Waals surface area contributed by atoms with Crippen LogP contribution in [0.5, 0.6) is 5.75 Å². The zero-order valence-corrected chi connectivity index (χ0v) is 12.7. The van der Waals surface area contributed by atoms with Crippen molar-refractivity contribution in [2.24, 2.45) is 0 Å². The standard InChI is InChI=1S/C17H19N3O3/c21-15-4-2-1-3-14(15)17(22)19-12-13-5-6-16(18-11-13)20-7-9-23-10-8-20/h1-6,11,21H,7-10,12H2,(H,19,22). The first-order valence-electron chi connectivity index (χ1n) is 7.58. The maximum atomic E-state index is 12.0. The van der Waals surface area contributed by atoms with Crippen molar-refractivity contribution in [3.8, 4) is 5.75 Å². The van der Waals surface area contributed by atoms with Crippen molar-refractivity contribution in [2.45, 2.75) is 6.54 Å². The molecule has 1 aliphatic rings. The van der Waals surface area contributed by atoms with E-state index in [9.17, 15) is 9.90 Å². The fourth-order valence-electron chi connectivity index (χ4n) is 2.44. The third-order valence-electron chi connectivity index (χ3n) is 3.75. The number of morpholine rings is 1. The number of ether oxygens (including phenoxy) is 1. The van der Waals surface area contributed by atoms with Crippen LogP contribution in [0.4, 0.5) is 5.82 Å². The number of aromatic hydroxyl groups is 1. The van der Waals surface area contributed by atoms with Crippen LogP contribution in [-0.2, 0) is 11.3 Å². The van der Waals surface area contributed by atoms with Gasteiger partial charge in [0.05, 0.1) is 18.8 Å². The number of hydrogen-bond donors (Lipinski definition) is 2. The van der Waals surface area contributed by atoms with Crippen molar-refractivity contribution < 1.29 is 14.6 Å². The minimum atomic E-state index is -0.305. The highest BCUT2D eigenvalue weighted by Gasteiger charge is 2.13. The smallest absolute Gasteiger partial charge is 0.255 e. The van der Waals surface area contributed by atoms with Crippen LogP contribution in [-0.4, -0.2) is 42.3 Å². The van der Waals surface area contributed by atoms with Crippen LogP contribution in [0.3, 0.4) is 0 Å². The molecule has 0 bridgehead atoms. The lowest BCUT2D eigenvalue weighted by atomic mass is 10.2. The summed E-state index contributed by atoms with van der Waals surface area (Å²) in [6.07, 6.45) is 1.76. The lowest BCUT2D eigenvalue weighted by Gasteiger charge is -2.27. The molecule has 3 rings (SSSR count). The van der Waals surface area contributed by atoms with E-state index in [1.165, 1.54) is 6.07 Å². The molecule has 1 aromatic carbocycles. The fourth-order valence-corrected chi connectivity index (χ4v) is 2.44. The molecule has 120 valence electrons. The monoisotopic (exact) mass is 313 g/mol. The van der Waals surface area contributed by atoms with E-state index in [0.717, 1.165) is 37.7 Å². The molecule has 1 aliphatic heterocycles. The van der Waals surface area contributed by atoms with Gasteiger partial charge < -0.3 is 20.1 Å². The minimum absolute atomic E-state index is 0.0224. The van der Waals surface area contributed by atoms with Crippen molar-refractivity contribution in [1.29, 1.82) is 0 Å². The fraction of sp³-hybridized carbons (Fsp3) is 0.294. The van der Waals surface area contributed by atoms with Gasteiger partial charge in [-0.1, -0.05) is 18.2 Å². The highest BCUT2D eigenvalue weighted by molar-refractivity contribution is 5.96. The van der Waals surface area contributed by atoms with Gasteiger partial charge in [0.25, 0.3) is 5.91 Å². The quantitative estimate of drug-likeness (QED) is 0.896. The van der Waals surface area contributed by atoms with Crippen molar-refractivity contribution in [3.05, 3.63) is 53.7 Å². The number of nitrogens with one attached hydrogen (secondary N) is 1. The predicted octanol–water partition coefficient (Wildman–Crippen LogP) is 1.55. The Morgan fingerprint density at radius 2 is 2.00 bits per heavy atom. The number of para-hydroxylation sites is 1. The number of benzene rings is 1. The Kier molecular flexibility index (Phi) is 4.73. The van der Waals surface area contributed by atoms with E-state index in [1.807, 2.05) is 12.1 Å². The lowest BCUT2D eigenvalue weighted by molar-refractivity contribution is 0.0948. The summed E-state index contributed by atoms with van der Waals surface area (Å²) in [6, 6.07) is 10.4. The summed E-state index contributed by atoms with van der Waals surface area (Å²) in [6.45, 7) is 3.50. The van der Waals surface area contributed by atoms with E-state index in [1.54, 1.807) is 24.4 Å². The molecule has 1 aromatic heterocycles. The van der Waals surface area contributed by atoms with Crippen molar-refractivity contribution >= 4 is 11.7 Å². The van der Waals surface area contributed by atoms with Crippen molar-refractivity contribution in [1.82, 2.24) is 10.3 Å². The molecule has 2 aromatic rings. The molecule has 0 aliphatic carbocycles. The first-order valence-corrected chi connectivity index (χ1v) is 7.58. The summed E-state index contributed by atoms with van der Waals surface area (Å²) in [7, 11) is 0. The van der Waals surface area contributed by atoms with E-state index < -0.39 is 0 Å². The Morgan fingerprint density at radius 1 is 1.22 bits per heavy atom. The minimum Gasteiger partial charge on any atom is -0.507 e. The highest BCUT2D eigenvalue weighted by atomic mass is 16.5. The van der Waals surface area contributed by atoms with Crippen LogP contribution in [0.25, 0.3) is 0 Å². The van der Waals surface area contributed by atoms with E-state index in [2.05, 4.69) is 15.2 Å². The Bertz CT molecular complexity index is 667. The first kappa shape index (κ1) is 15.3. The molecular weight excluding hydrogens is 294 g/mol. The van der Waals surface area contributed by atoms with Crippen molar-refractivity contribution in [3.63, 3.8) is 0 Å². The normalized spacial score (nSPS) is 14.5. The molecule has 6 heteroatoms. The largest absolute Gasteiger partial charge is 0.507 e. The molecular formula is C17H19N3O3. The Hall–Kier alpha value is -2.60. The Labute approximate surface area is 134 Å². The van der Waals surface area contributed by atoms with Gasteiger partial charge in [-0.3, -0.25) is 4.79 Å². The number of phenolic OH excluding ortho intramolecular Hbond substituents is 1. The van der Waals surface area contributed by atoms with Gasteiger partial charge in [-0.2, -0.15) is 0 Å². The number of pyridine rings is 1. The van der Waals surface area contributed by atoms with Crippen LogP contribution in [0.15, 0.2) is 42.6 Å². The maximum Gasteiger partial charge on any atom is 0.255 e. The van der Waals surface area contributed by atoms with E-state index >= 15 is 0 Å². The number of hydrogen-bond acceptors (Lipinski definition) is 5. The SMILES string of the molecule is O=C(NCc1ccc(N2CCOCC2)nc1)c1ccccc1O. The maximum absolute atomic E-state index is 12.0. The van der Waals surface area contributed by atoms with Crippen LogP contribution >= 0.6 is 0 Å². The molecule has 2 heterocycles. The number of rotatable bonds is 4. The molecule has 0 atom stereocenters. The third-order valence-corrected chi connectivity index (χ3v) is 3.75. The van der Waals surface area contributed by atoms with Crippen LogP contribution in [0, 0.1) is 0 Å². The summed E-state index contributed by atoms with van der Waals surface area (Å²) in [5.74, 6) is 0.593. The number of anilines is 1. The average molecular weight is 313 g/mol. The number of nitrogens with zero attached hydrogens (tertiary/aromatic N) is 2. The molecule has 0 radical (unpaired) electrons. The molecule has 23 heavy (non-hydrogen) atoms. The Morgan fingerprint density at radius 3 is 2.70 bits per heavy atom. The van der Waals surface area contributed by atoms with Gasteiger partial charge in [0, 0.05) is 25.8 Å². The topological polar surface area (TPSA) is 74.7 Å². The van der Waals surface area contributed by atoms with Gasteiger partial charge >= 0.3 is 0 Å². The van der Waals surface area contributed by atoms with Crippen LogP contribution in [0.1, 0.15) is 15.9 Å². The van der Waals surface area contributed by atoms with Crippen LogP contribution in [0.2, 0.25) is 0 Å². The summed E-state index contributed by atoms with van der Waals surface area (Å²) >= 11 is 0. The van der Waals surface area contributed by atoms with Gasteiger partial charge in [0.15, 0.2) is 0 Å². The number of carbonyl (C=O) groups is 1. The number of phenols is 1. The third kappa shape index (κ3) is 3.78. The molecule has 6 nitrogen and oxygen atoms in total. The number of amides is 1. The van der Waals surface area contributed by atoms with Gasteiger partial charge in [0.2, 0.25) is 0 Å². The lowest BCUT2D eigenvalue weighted by Crippen LogP contribution is -2.36. The van der Waals surface area contributed by atoms with Crippen molar-refractivity contribution in [2.75, 3.05) is 31.2 Å². The number of aromatic nitrogens is 1.